The van der Waals surface area contributed by atoms with Gasteiger partial charge in [0.2, 0.25) is 5.91 Å². The third kappa shape index (κ3) is 3.05. The van der Waals surface area contributed by atoms with Gasteiger partial charge in [0.1, 0.15) is 0 Å². The van der Waals surface area contributed by atoms with E-state index in [1.165, 1.54) is 29.2 Å². The summed E-state index contributed by atoms with van der Waals surface area (Å²) in [4.78, 5) is 15.3. The fraction of sp³-hybridized carbons (Fsp3) is 0.667. The number of rotatable bonds is 3. The first-order valence-electron chi connectivity index (χ1n) is 7.38. The Morgan fingerprint density at radius 2 is 2.30 bits per heavy atom. The molecule has 0 saturated carbocycles. The lowest BCUT2D eigenvalue weighted by Gasteiger charge is -2.41. The van der Waals surface area contributed by atoms with Crippen LogP contribution in [0.15, 0.2) is 17.5 Å². The normalized spacial score (nSPS) is 31.6. The minimum absolute atomic E-state index is 0.211. The molecule has 1 amide bonds. The molecule has 0 spiro atoms. The Morgan fingerprint density at radius 1 is 1.40 bits per heavy atom. The van der Waals surface area contributed by atoms with Crippen LogP contribution in [0.3, 0.4) is 0 Å². The number of nitrogens with one attached hydrogen (secondary N) is 1. The van der Waals surface area contributed by atoms with Crippen molar-refractivity contribution in [3.8, 4) is 0 Å². The van der Waals surface area contributed by atoms with E-state index in [9.17, 15) is 4.79 Å². The lowest BCUT2D eigenvalue weighted by atomic mass is 9.93. The highest BCUT2D eigenvalue weighted by atomic mass is 32.2. The van der Waals surface area contributed by atoms with Gasteiger partial charge in [-0.1, -0.05) is 6.07 Å². The monoisotopic (exact) mass is 310 g/mol. The fourth-order valence-electron chi connectivity index (χ4n) is 3.24. The number of amides is 1. The van der Waals surface area contributed by atoms with Gasteiger partial charge in [0.25, 0.3) is 0 Å². The highest BCUT2D eigenvalue weighted by Gasteiger charge is 2.36. The number of likely N-dealkylation sites (N-methyl/N-ethyl adjacent to an activating group) is 1. The molecule has 110 valence electrons. The molecule has 2 aliphatic rings. The summed E-state index contributed by atoms with van der Waals surface area (Å²) in [5.41, 5.74) is 0. The van der Waals surface area contributed by atoms with Crippen molar-refractivity contribution in [2.75, 3.05) is 18.6 Å². The number of carbonyl (C=O) groups is 1. The van der Waals surface area contributed by atoms with E-state index < -0.39 is 0 Å². The van der Waals surface area contributed by atoms with E-state index in [1.54, 1.807) is 11.3 Å². The van der Waals surface area contributed by atoms with Gasteiger partial charge < -0.3 is 10.2 Å². The van der Waals surface area contributed by atoms with Crippen molar-refractivity contribution in [3.05, 3.63) is 22.4 Å². The maximum absolute atomic E-state index is 12.0. The number of piperidine rings is 1. The molecular formula is C15H22N2OS2. The molecule has 2 saturated heterocycles. The lowest BCUT2D eigenvalue weighted by Crippen LogP contribution is -2.52. The number of hydrogen-bond acceptors (Lipinski definition) is 4. The smallest absolute Gasteiger partial charge is 0.222 e. The average Bonchev–Trinajstić information content (AvgIpc) is 2.98. The molecule has 2 aliphatic heterocycles. The zero-order valence-corrected chi connectivity index (χ0v) is 13.5. The Balaban J connectivity index is 1.74. The molecule has 3 atom stereocenters. The summed E-state index contributed by atoms with van der Waals surface area (Å²) in [6, 6.07) is 5.47. The molecule has 3 nitrogen and oxygen atoms in total. The van der Waals surface area contributed by atoms with E-state index in [1.807, 2.05) is 11.9 Å². The van der Waals surface area contributed by atoms with Crippen molar-refractivity contribution >= 4 is 29.0 Å². The number of thioether (sulfide) groups is 1. The molecule has 0 radical (unpaired) electrons. The fourth-order valence-corrected chi connectivity index (χ4v) is 5.25. The van der Waals surface area contributed by atoms with Crippen LogP contribution < -0.4 is 5.32 Å². The number of likely N-dealkylation sites (tertiary alicyclic amines) is 1. The van der Waals surface area contributed by atoms with E-state index in [-0.39, 0.29) is 11.9 Å². The molecule has 5 heteroatoms. The molecule has 1 aromatic heterocycles. The maximum atomic E-state index is 12.0. The third-order valence-corrected chi connectivity index (χ3v) is 6.46. The first kappa shape index (κ1) is 14.4. The predicted molar refractivity (Wildman–Crippen MR) is 86.3 cm³/mol. The molecule has 0 unspecified atom stereocenters. The zero-order valence-electron chi connectivity index (χ0n) is 11.9. The SMILES string of the molecule is CN1C(=O)CC[C@H](N[C@@H]2CCCSC2)[C@@H]1c1cccs1. The molecule has 0 aliphatic carbocycles. The van der Waals surface area contributed by atoms with Gasteiger partial charge in [-0.15, -0.1) is 11.3 Å². The standard InChI is InChI=1S/C15H22N2OS2/c1-17-14(18)7-6-12(15(17)13-5-3-9-20-13)16-11-4-2-8-19-10-11/h3,5,9,11-12,15-16H,2,4,6-8,10H2,1H3/t11-,12+,15-/m1/s1. The summed E-state index contributed by atoms with van der Waals surface area (Å²) in [6.45, 7) is 0. The van der Waals surface area contributed by atoms with E-state index in [0.717, 1.165) is 6.42 Å². The Bertz CT molecular complexity index is 443. The van der Waals surface area contributed by atoms with Crippen molar-refractivity contribution in [1.82, 2.24) is 10.2 Å². The number of carbonyl (C=O) groups excluding carboxylic acids is 1. The van der Waals surface area contributed by atoms with Gasteiger partial charge in [-0.05, 0) is 36.5 Å². The molecule has 0 bridgehead atoms. The van der Waals surface area contributed by atoms with E-state index in [4.69, 9.17) is 0 Å². The van der Waals surface area contributed by atoms with Crippen molar-refractivity contribution in [2.24, 2.45) is 0 Å². The first-order valence-corrected chi connectivity index (χ1v) is 9.42. The van der Waals surface area contributed by atoms with Crippen LogP contribution in [-0.4, -0.2) is 41.4 Å². The largest absolute Gasteiger partial charge is 0.336 e. The molecule has 1 aromatic rings. The second-order valence-electron chi connectivity index (χ2n) is 5.69. The van der Waals surface area contributed by atoms with Gasteiger partial charge in [0.15, 0.2) is 0 Å². The quantitative estimate of drug-likeness (QED) is 0.932. The molecule has 3 rings (SSSR count). The lowest BCUT2D eigenvalue weighted by molar-refractivity contribution is -0.135. The summed E-state index contributed by atoms with van der Waals surface area (Å²) in [7, 11) is 1.95. The van der Waals surface area contributed by atoms with Crippen LogP contribution in [0.4, 0.5) is 0 Å². The maximum Gasteiger partial charge on any atom is 0.222 e. The molecule has 3 heterocycles. The number of thiophene rings is 1. The van der Waals surface area contributed by atoms with E-state index in [2.05, 4.69) is 34.6 Å². The minimum Gasteiger partial charge on any atom is -0.336 e. The summed E-state index contributed by atoms with van der Waals surface area (Å²) in [5.74, 6) is 2.79. The van der Waals surface area contributed by atoms with Gasteiger partial charge in [0.05, 0.1) is 6.04 Å². The highest BCUT2D eigenvalue weighted by Crippen LogP contribution is 2.34. The van der Waals surface area contributed by atoms with Crippen LogP contribution in [0.25, 0.3) is 0 Å². The second-order valence-corrected chi connectivity index (χ2v) is 7.82. The van der Waals surface area contributed by atoms with Gasteiger partial charge >= 0.3 is 0 Å². The van der Waals surface area contributed by atoms with Gasteiger partial charge in [-0.25, -0.2) is 0 Å². The molecule has 0 aromatic carbocycles. The Kier molecular flexibility index (Phi) is 4.68. The van der Waals surface area contributed by atoms with Crippen LogP contribution in [0.5, 0.6) is 0 Å². The summed E-state index contributed by atoms with van der Waals surface area (Å²) >= 11 is 3.81. The van der Waals surface area contributed by atoms with Crippen LogP contribution in [0.2, 0.25) is 0 Å². The molecule has 1 N–H and O–H groups in total. The minimum atomic E-state index is 0.211. The Morgan fingerprint density at radius 3 is 3.00 bits per heavy atom. The second kappa shape index (κ2) is 6.50. The third-order valence-electron chi connectivity index (χ3n) is 4.31. The van der Waals surface area contributed by atoms with Crippen molar-refractivity contribution in [1.29, 1.82) is 0 Å². The zero-order chi connectivity index (χ0) is 13.9. The Labute approximate surface area is 129 Å². The summed E-state index contributed by atoms with van der Waals surface area (Å²) in [5, 5.41) is 5.95. The van der Waals surface area contributed by atoms with Crippen molar-refractivity contribution in [3.63, 3.8) is 0 Å². The van der Waals surface area contributed by atoms with Gasteiger partial charge in [0, 0.05) is 36.2 Å². The first-order chi connectivity index (χ1) is 9.75. The number of hydrogen-bond donors (Lipinski definition) is 1. The molecular weight excluding hydrogens is 288 g/mol. The highest BCUT2D eigenvalue weighted by molar-refractivity contribution is 7.99. The van der Waals surface area contributed by atoms with Gasteiger partial charge in [-0.2, -0.15) is 11.8 Å². The van der Waals surface area contributed by atoms with E-state index >= 15 is 0 Å². The predicted octanol–water partition coefficient (Wildman–Crippen LogP) is 2.90. The Hall–Kier alpha value is -0.520. The molecule has 2 fully saturated rings. The van der Waals surface area contributed by atoms with Crippen molar-refractivity contribution < 1.29 is 4.79 Å². The van der Waals surface area contributed by atoms with E-state index in [0.29, 0.717) is 18.5 Å². The average molecular weight is 310 g/mol. The van der Waals surface area contributed by atoms with Crippen molar-refractivity contribution in [2.45, 2.75) is 43.8 Å². The van der Waals surface area contributed by atoms with Gasteiger partial charge in [-0.3, -0.25) is 4.79 Å². The topological polar surface area (TPSA) is 32.3 Å². The van der Waals surface area contributed by atoms with Crippen LogP contribution in [-0.2, 0) is 4.79 Å². The van der Waals surface area contributed by atoms with Crippen LogP contribution in [0.1, 0.15) is 36.6 Å². The number of nitrogens with zero attached hydrogens (tertiary/aromatic N) is 1. The molecule has 20 heavy (non-hydrogen) atoms. The summed E-state index contributed by atoms with van der Waals surface area (Å²) < 4.78 is 0. The summed E-state index contributed by atoms with van der Waals surface area (Å²) in [6.07, 6.45) is 4.23. The van der Waals surface area contributed by atoms with Crippen LogP contribution in [0, 0.1) is 0 Å². The van der Waals surface area contributed by atoms with Crippen LogP contribution >= 0.6 is 23.1 Å².